The van der Waals surface area contributed by atoms with Gasteiger partial charge < -0.3 is 14.8 Å². The first-order valence-electron chi connectivity index (χ1n) is 5.78. The van der Waals surface area contributed by atoms with Gasteiger partial charge in [0.1, 0.15) is 5.82 Å². The van der Waals surface area contributed by atoms with Gasteiger partial charge in [0, 0.05) is 11.8 Å². The molecule has 1 aromatic heterocycles. The van der Waals surface area contributed by atoms with Gasteiger partial charge in [0.25, 0.3) is 5.56 Å². The topological polar surface area (TPSA) is 96.5 Å². The van der Waals surface area contributed by atoms with E-state index in [9.17, 15) is 18.8 Å². The van der Waals surface area contributed by atoms with Gasteiger partial charge in [0.05, 0.1) is 23.8 Å². The number of rotatable bonds is 3. The van der Waals surface area contributed by atoms with E-state index in [2.05, 4.69) is 9.72 Å². The van der Waals surface area contributed by atoms with E-state index < -0.39 is 23.3 Å². The van der Waals surface area contributed by atoms with E-state index in [0.29, 0.717) is 0 Å². The van der Waals surface area contributed by atoms with Gasteiger partial charge in [0.15, 0.2) is 0 Å². The number of aromatic carboxylic acids is 1. The first-order valence-corrected chi connectivity index (χ1v) is 5.78. The van der Waals surface area contributed by atoms with Crippen LogP contribution in [0.15, 0.2) is 35.3 Å². The number of carboxylic acids is 1. The van der Waals surface area contributed by atoms with Crippen LogP contribution in [-0.4, -0.2) is 29.1 Å². The number of hydrogen-bond donors (Lipinski definition) is 2. The van der Waals surface area contributed by atoms with Crippen LogP contribution >= 0.6 is 0 Å². The lowest BCUT2D eigenvalue weighted by Gasteiger charge is -2.06. The molecule has 1 aromatic carbocycles. The van der Waals surface area contributed by atoms with Gasteiger partial charge in [-0.2, -0.15) is 0 Å². The van der Waals surface area contributed by atoms with E-state index in [0.717, 1.165) is 24.4 Å². The van der Waals surface area contributed by atoms with Crippen molar-refractivity contribution < 1.29 is 23.8 Å². The number of carbonyl (C=O) groups is 2. The van der Waals surface area contributed by atoms with Crippen molar-refractivity contribution in [1.82, 2.24) is 4.98 Å². The van der Waals surface area contributed by atoms with Gasteiger partial charge >= 0.3 is 11.9 Å². The monoisotopic (exact) mass is 291 g/mol. The Labute approximate surface area is 117 Å². The Morgan fingerprint density at radius 2 is 1.86 bits per heavy atom. The quantitative estimate of drug-likeness (QED) is 0.838. The summed E-state index contributed by atoms with van der Waals surface area (Å²) in [5.41, 5.74) is -1.18. The Balaban J connectivity index is 2.66. The third-order valence-corrected chi connectivity index (χ3v) is 2.83. The summed E-state index contributed by atoms with van der Waals surface area (Å²) in [7, 11) is 1.17. The van der Waals surface area contributed by atoms with Gasteiger partial charge in [-0.05, 0) is 24.3 Å². The van der Waals surface area contributed by atoms with Gasteiger partial charge in [-0.15, -0.1) is 0 Å². The molecule has 7 heteroatoms. The molecule has 0 bridgehead atoms. The highest BCUT2D eigenvalue weighted by Crippen LogP contribution is 2.22. The first-order chi connectivity index (χ1) is 9.93. The molecular formula is C14H10FNO5. The Morgan fingerprint density at radius 3 is 2.48 bits per heavy atom. The molecule has 6 nitrogen and oxygen atoms in total. The maximum Gasteiger partial charge on any atom is 0.337 e. The van der Waals surface area contributed by atoms with Crippen LogP contribution in [0.25, 0.3) is 11.1 Å². The number of carbonyl (C=O) groups excluding carboxylic acids is 1. The first kappa shape index (κ1) is 14.4. The SMILES string of the molecule is COC(=O)c1ccc(F)c(-c2cc(C(=O)O)c[nH]c2=O)c1. The lowest BCUT2D eigenvalue weighted by Crippen LogP contribution is -2.12. The second kappa shape index (κ2) is 5.58. The van der Waals surface area contributed by atoms with Crippen LogP contribution in [0.3, 0.4) is 0 Å². The van der Waals surface area contributed by atoms with Crippen molar-refractivity contribution in [1.29, 1.82) is 0 Å². The molecule has 0 spiro atoms. The summed E-state index contributed by atoms with van der Waals surface area (Å²) in [6.07, 6.45) is 1.01. The van der Waals surface area contributed by atoms with Crippen LogP contribution in [0.2, 0.25) is 0 Å². The molecule has 0 saturated carbocycles. The molecule has 0 atom stereocenters. The number of carboxylic acid groups (broad SMARTS) is 1. The highest BCUT2D eigenvalue weighted by atomic mass is 19.1. The Morgan fingerprint density at radius 1 is 1.19 bits per heavy atom. The third-order valence-electron chi connectivity index (χ3n) is 2.83. The number of hydrogen-bond acceptors (Lipinski definition) is 4. The largest absolute Gasteiger partial charge is 0.478 e. The van der Waals surface area contributed by atoms with Crippen molar-refractivity contribution in [3.8, 4) is 11.1 Å². The zero-order chi connectivity index (χ0) is 15.6. The van der Waals surface area contributed by atoms with E-state index in [-0.39, 0.29) is 22.3 Å². The molecule has 0 radical (unpaired) electrons. The molecule has 2 aromatic rings. The predicted octanol–water partition coefficient (Wildman–Crippen LogP) is 1.67. The summed E-state index contributed by atoms with van der Waals surface area (Å²) in [5, 5.41) is 8.91. The summed E-state index contributed by atoms with van der Waals surface area (Å²) in [6, 6.07) is 4.40. The number of H-pyrrole nitrogens is 1. The van der Waals surface area contributed by atoms with Gasteiger partial charge in [-0.25, -0.2) is 14.0 Å². The van der Waals surface area contributed by atoms with E-state index in [1.54, 1.807) is 0 Å². The van der Waals surface area contributed by atoms with Crippen molar-refractivity contribution in [2.24, 2.45) is 0 Å². The number of nitrogens with one attached hydrogen (secondary N) is 1. The van der Waals surface area contributed by atoms with E-state index in [4.69, 9.17) is 5.11 Å². The zero-order valence-corrected chi connectivity index (χ0v) is 10.8. The normalized spacial score (nSPS) is 10.2. The molecule has 1 heterocycles. The van der Waals surface area contributed by atoms with Crippen LogP contribution in [0.5, 0.6) is 0 Å². The molecule has 21 heavy (non-hydrogen) atoms. The third kappa shape index (κ3) is 2.81. The molecule has 0 aliphatic rings. The number of aromatic amines is 1. The molecule has 0 fully saturated rings. The van der Waals surface area contributed by atoms with Gasteiger partial charge in [-0.1, -0.05) is 0 Å². The van der Waals surface area contributed by atoms with Crippen molar-refractivity contribution in [2.75, 3.05) is 7.11 Å². The molecular weight excluding hydrogens is 281 g/mol. The molecule has 0 amide bonds. The van der Waals surface area contributed by atoms with Crippen LogP contribution in [-0.2, 0) is 4.74 Å². The molecule has 108 valence electrons. The maximum absolute atomic E-state index is 13.9. The Bertz CT molecular complexity index is 781. The predicted molar refractivity (Wildman–Crippen MR) is 70.8 cm³/mol. The minimum Gasteiger partial charge on any atom is -0.478 e. The standard InChI is InChI=1S/C14H10FNO5/c1-21-14(20)7-2-3-11(15)9(4-7)10-5-8(13(18)19)6-16-12(10)17/h2-6H,1H3,(H,16,17)(H,18,19). The van der Waals surface area contributed by atoms with Crippen LogP contribution in [0.1, 0.15) is 20.7 Å². The molecule has 0 aliphatic carbocycles. The second-order valence-electron chi connectivity index (χ2n) is 4.12. The van der Waals surface area contributed by atoms with Crippen molar-refractivity contribution in [3.05, 3.63) is 57.8 Å². The molecule has 0 unspecified atom stereocenters. The minimum atomic E-state index is -1.27. The second-order valence-corrected chi connectivity index (χ2v) is 4.12. The average molecular weight is 291 g/mol. The van der Waals surface area contributed by atoms with E-state index in [1.807, 2.05) is 0 Å². The smallest absolute Gasteiger partial charge is 0.337 e. The number of benzene rings is 1. The van der Waals surface area contributed by atoms with Crippen LogP contribution in [0, 0.1) is 5.82 Å². The summed E-state index contributed by atoms with van der Waals surface area (Å²) in [4.78, 5) is 36.3. The lowest BCUT2D eigenvalue weighted by molar-refractivity contribution is 0.0599. The lowest BCUT2D eigenvalue weighted by atomic mass is 10.0. The number of esters is 1. The number of pyridine rings is 1. The summed E-state index contributed by atoms with van der Waals surface area (Å²) in [6.45, 7) is 0. The maximum atomic E-state index is 13.9. The fourth-order valence-electron chi connectivity index (χ4n) is 1.78. The van der Waals surface area contributed by atoms with Crippen LogP contribution < -0.4 is 5.56 Å². The van der Waals surface area contributed by atoms with Crippen molar-refractivity contribution in [2.45, 2.75) is 0 Å². The highest BCUT2D eigenvalue weighted by molar-refractivity contribution is 5.92. The Hall–Kier alpha value is -2.96. The van der Waals surface area contributed by atoms with E-state index in [1.165, 1.54) is 13.2 Å². The number of methoxy groups -OCH3 is 1. The number of ether oxygens (including phenoxy) is 1. The number of aromatic nitrogens is 1. The molecule has 0 aliphatic heterocycles. The van der Waals surface area contributed by atoms with Gasteiger partial charge in [-0.3, -0.25) is 4.79 Å². The summed E-state index contributed by atoms with van der Waals surface area (Å²) < 4.78 is 18.4. The van der Waals surface area contributed by atoms with Crippen molar-refractivity contribution in [3.63, 3.8) is 0 Å². The van der Waals surface area contributed by atoms with Crippen molar-refractivity contribution >= 4 is 11.9 Å². The molecule has 2 N–H and O–H groups in total. The number of halogens is 1. The van der Waals surface area contributed by atoms with Crippen LogP contribution in [0.4, 0.5) is 4.39 Å². The fourth-order valence-corrected chi connectivity index (χ4v) is 1.78. The summed E-state index contributed by atoms with van der Waals surface area (Å²) >= 11 is 0. The average Bonchev–Trinajstić information content (AvgIpc) is 2.47. The molecule has 0 saturated heterocycles. The minimum absolute atomic E-state index is 0.0500. The summed E-state index contributed by atoms with van der Waals surface area (Å²) in [5.74, 6) is -2.71. The van der Waals surface area contributed by atoms with E-state index >= 15 is 0 Å². The highest BCUT2D eigenvalue weighted by Gasteiger charge is 2.15. The Kier molecular flexibility index (Phi) is 3.84. The van der Waals surface area contributed by atoms with Gasteiger partial charge in [0.2, 0.25) is 0 Å². The zero-order valence-electron chi connectivity index (χ0n) is 10.8. The molecule has 2 rings (SSSR count). The fraction of sp³-hybridized carbons (Fsp3) is 0.0714.